The van der Waals surface area contributed by atoms with Gasteiger partial charge in [0.1, 0.15) is 0 Å². The van der Waals surface area contributed by atoms with Gasteiger partial charge in [0.15, 0.2) is 5.78 Å². The SMILES string of the molecule is CCCC(=O)c1c(Cl)cccc1Cl. The first-order valence-corrected chi connectivity index (χ1v) is 4.89. The molecule has 0 fully saturated rings. The number of hydrogen-bond acceptors (Lipinski definition) is 1. The van der Waals surface area contributed by atoms with Crippen molar-refractivity contribution in [1.82, 2.24) is 0 Å². The van der Waals surface area contributed by atoms with Gasteiger partial charge in [0.05, 0.1) is 15.6 Å². The summed E-state index contributed by atoms with van der Waals surface area (Å²) in [6, 6.07) is 5.08. The van der Waals surface area contributed by atoms with Gasteiger partial charge in [-0.05, 0) is 18.6 Å². The highest BCUT2D eigenvalue weighted by atomic mass is 35.5. The molecule has 1 aromatic carbocycles. The molecule has 0 spiro atoms. The summed E-state index contributed by atoms with van der Waals surface area (Å²) in [6.07, 6.45) is 1.30. The Morgan fingerprint density at radius 1 is 1.31 bits per heavy atom. The van der Waals surface area contributed by atoms with Crippen molar-refractivity contribution in [1.29, 1.82) is 0 Å². The third-order valence-electron chi connectivity index (χ3n) is 1.72. The Hall–Kier alpha value is -0.530. The lowest BCUT2D eigenvalue weighted by Crippen LogP contribution is -1.99. The quantitative estimate of drug-likeness (QED) is 0.700. The molecule has 0 heterocycles. The zero-order valence-electron chi connectivity index (χ0n) is 7.31. The molecule has 0 unspecified atom stereocenters. The summed E-state index contributed by atoms with van der Waals surface area (Å²) in [5.41, 5.74) is 0.452. The molecule has 0 aromatic heterocycles. The van der Waals surface area contributed by atoms with E-state index in [2.05, 4.69) is 0 Å². The standard InChI is InChI=1S/C10H10Cl2O/c1-2-4-9(13)10-7(11)5-3-6-8(10)12/h3,5-6H,2,4H2,1H3. The van der Waals surface area contributed by atoms with E-state index < -0.39 is 0 Å². The van der Waals surface area contributed by atoms with E-state index in [1.54, 1.807) is 18.2 Å². The van der Waals surface area contributed by atoms with Crippen molar-refractivity contribution in [2.45, 2.75) is 19.8 Å². The maximum atomic E-state index is 11.5. The predicted octanol–water partition coefficient (Wildman–Crippen LogP) is 3.98. The molecule has 1 rings (SSSR count). The molecule has 0 atom stereocenters. The van der Waals surface area contributed by atoms with Gasteiger partial charge in [-0.2, -0.15) is 0 Å². The Bertz CT molecular complexity index is 300. The summed E-state index contributed by atoms with van der Waals surface area (Å²) in [6.45, 7) is 1.95. The normalized spacial score (nSPS) is 10.1. The summed E-state index contributed by atoms with van der Waals surface area (Å²) in [5, 5.41) is 0.872. The average molecular weight is 217 g/mol. The smallest absolute Gasteiger partial charge is 0.165 e. The van der Waals surface area contributed by atoms with E-state index >= 15 is 0 Å². The van der Waals surface area contributed by atoms with Gasteiger partial charge < -0.3 is 0 Å². The molecule has 0 bridgehead atoms. The van der Waals surface area contributed by atoms with Gasteiger partial charge in [0.2, 0.25) is 0 Å². The second kappa shape index (κ2) is 4.64. The predicted molar refractivity (Wildman–Crippen MR) is 55.7 cm³/mol. The molecule has 3 heteroatoms. The van der Waals surface area contributed by atoms with Gasteiger partial charge in [-0.3, -0.25) is 4.79 Å². The third kappa shape index (κ3) is 2.45. The van der Waals surface area contributed by atoms with E-state index in [0.29, 0.717) is 22.0 Å². The first-order chi connectivity index (χ1) is 6.16. The van der Waals surface area contributed by atoms with Gasteiger partial charge in [-0.15, -0.1) is 0 Å². The molecule has 0 aliphatic heterocycles. The highest BCUT2D eigenvalue weighted by Crippen LogP contribution is 2.25. The van der Waals surface area contributed by atoms with Crippen molar-refractivity contribution < 1.29 is 4.79 Å². The van der Waals surface area contributed by atoms with Crippen LogP contribution in [0.3, 0.4) is 0 Å². The Labute approximate surface area is 87.7 Å². The Balaban J connectivity index is 3.05. The largest absolute Gasteiger partial charge is 0.294 e. The lowest BCUT2D eigenvalue weighted by atomic mass is 10.1. The van der Waals surface area contributed by atoms with Crippen molar-refractivity contribution >= 4 is 29.0 Å². The summed E-state index contributed by atoms with van der Waals surface area (Å²) in [4.78, 5) is 11.5. The van der Waals surface area contributed by atoms with Gasteiger partial charge in [0.25, 0.3) is 0 Å². The molecular formula is C10H10Cl2O. The van der Waals surface area contributed by atoms with E-state index in [-0.39, 0.29) is 5.78 Å². The molecule has 0 radical (unpaired) electrons. The van der Waals surface area contributed by atoms with Crippen LogP contribution in [0.25, 0.3) is 0 Å². The number of benzene rings is 1. The van der Waals surface area contributed by atoms with Crippen LogP contribution in [0.1, 0.15) is 30.1 Å². The number of hydrogen-bond donors (Lipinski definition) is 0. The van der Waals surface area contributed by atoms with E-state index in [1.807, 2.05) is 6.92 Å². The van der Waals surface area contributed by atoms with E-state index in [4.69, 9.17) is 23.2 Å². The highest BCUT2D eigenvalue weighted by molar-refractivity contribution is 6.39. The molecule has 0 aliphatic rings. The van der Waals surface area contributed by atoms with Crippen LogP contribution in [-0.2, 0) is 0 Å². The number of carbonyl (C=O) groups excluding carboxylic acids is 1. The lowest BCUT2D eigenvalue weighted by Gasteiger charge is -2.03. The van der Waals surface area contributed by atoms with E-state index in [0.717, 1.165) is 6.42 Å². The molecule has 1 nitrogen and oxygen atoms in total. The van der Waals surface area contributed by atoms with Gasteiger partial charge in [0, 0.05) is 6.42 Å². The fourth-order valence-electron chi connectivity index (χ4n) is 1.12. The van der Waals surface area contributed by atoms with Crippen molar-refractivity contribution in [3.05, 3.63) is 33.8 Å². The maximum Gasteiger partial charge on any atom is 0.165 e. The number of halogens is 2. The number of rotatable bonds is 3. The number of Topliss-reactive ketones (excluding diaryl/α,β-unsaturated/α-hetero) is 1. The summed E-state index contributed by atoms with van der Waals surface area (Å²) in [7, 11) is 0. The van der Waals surface area contributed by atoms with Crippen LogP contribution in [0.15, 0.2) is 18.2 Å². The Kier molecular flexibility index (Phi) is 3.76. The second-order valence-electron chi connectivity index (χ2n) is 2.77. The van der Waals surface area contributed by atoms with Gasteiger partial charge >= 0.3 is 0 Å². The summed E-state index contributed by atoms with van der Waals surface area (Å²) >= 11 is 11.7. The fraction of sp³-hybridized carbons (Fsp3) is 0.300. The van der Waals surface area contributed by atoms with Gasteiger partial charge in [-0.25, -0.2) is 0 Å². The maximum absolute atomic E-state index is 11.5. The first-order valence-electron chi connectivity index (χ1n) is 4.14. The third-order valence-corrected chi connectivity index (χ3v) is 2.35. The average Bonchev–Trinajstić information content (AvgIpc) is 2.04. The number of ketones is 1. The Morgan fingerprint density at radius 3 is 2.31 bits per heavy atom. The molecule has 1 aromatic rings. The van der Waals surface area contributed by atoms with Crippen LogP contribution in [0.2, 0.25) is 10.0 Å². The second-order valence-corrected chi connectivity index (χ2v) is 3.58. The zero-order chi connectivity index (χ0) is 9.84. The van der Waals surface area contributed by atoms with Crippen LogP contribution >= 0.6 is 23.2 Å². The van der Waals surface area contributed by atoms with Crippen molar-refractivity contribution in [2.75, 3.05) is 0 Å². The van der Waals surface area contributed by atoms with Crippen LogP contribution in [-0.4, -0.2) is 5.78 Å². The fourth-order valence-corrected chi connectivity index (χ4v) is 1.72. The molecule has 0 amide bonds. The zero-order valence-corrected chi connectivity index (χ0v) is 8.82. The van der Waals surface area contributed by atoms with E-state index in [9.17, 15) is 4.79 Å². The van der Waals surface area contributed by atoms with Crippen molar-refractivity contribution in [3.8, 4) is 0 Å². The summed E-state index contributed by atoms with van der Waals surface area (Å²) in [5.74, 6) is 0.0121. The minimum atomic E-state index is 0.0121. The van der Waals surface area contributed by atoms with E-state index in [1.165, 1.54) is 0 Å². The molecule has 0 N–H and O–H groups in total. The molecule has 70 valence electrons. The summed E-state index contributed by atoms with van der Waals surface area (Å²) < 4.78 is 0. The number of carbonyl (C=O) groups is 1. The Morgan fingerprint density at radius 2 is 1.85 bits per heavy atom. The molecule has 13 heavy (non-hydrogen) atoms. The minimum absolute atomic E-state index is 0.0121. The minimum Gasteiger partial charge on any atom is -0.294 e. The van der Waals surface area contributed by atoms with Crippen LogP contribution in [0.5, 0.6) is 0 Å². The first kappa shape index (κ1) is 10.6. The molecule has 0 saturated carbocycles. The molecule has 0 saturated heterocycles. The topological polar surface area (TPSA) is 17.1 Å². The molecule has 0 aliphatic carbocycles. The van der Waals surface area contributed by atoms with Gasteiger partial charge in [-0.1, -0.05) is 36.2 Å². The van der Waals surface area contributed by atoms with Crippen LogP contribution in [0.4, 0.5) is 0 Å². The van der Waals surface area contributed by atoms with Crippen LogP contribution in [0, 0.1) is 0 Å². The monoisotopic (exact) mass is 216 g/mol. The molecular weight excluding hydrogens is 207 g/mol. The van der Waals surface area contributed by atoms with Crippen molar-refractivity contribution in [2.24, 2.45) is 0 Å². The lowest BCUT2D eigenvalue weighted by molar-refractivity contribution is 0.0982. The van der Waals surface area contributed by atoms with Crippen molar-refractivity contribution in [3.63, 3.8) is 0 Å². The highest BCUT2D eigenvalue weighted by Gasteiger charge is 2.12. The van der Waals surface area contributed by atoms with Crippen LogP contribution < -0.4 is 0 Å².